The number of hydrogen-bond acceptors (Lipinski definition) is 2. The van der Waals surface area contributed by atoms with E-state index in [1.165, 1.54) is 0 Å². The van der Waals surface area contributed by atoms with Crippen molar-refractivity contribution in [2.24, 2.45) is 0 Å². The Morgan fingerprint density at radius 3 is 2.80 bits per heavy atom. The number of fused-ring (bicyclic) bond motifs is 1. The molecule has 1 heterocycles. The number of methoxy groups -OCH3 is 1. The predicted molar refractivity (Wildman–Crippen MR) is 63.6 cm³/mol. The highest BCUT2D eigenvalue weighted by Crippen LogP contribution is 2.24. The molecule has 0 aliphatic carbocycles. The molecule has 1 aromatic heterocycles. The average Bonchev–Trinajstić information content (AvgIpc) is 2.26. The summed E-state index contributed by atoms with van der Waals surface area (Å²) < 4.78 is 5.71. The van der Waals surface area contributed by atoms with E-state index in [1.807, 2.05) is 25.1 Å². The van der Waals surface area contributed by atoms with Gasteiger partial charge in [-0.2, -0.15) is 0 Å². The summed E-state index contributed by atoms with van der Waals surface area (Å²) in [6.45, 7) is 1.90. The first kappa shape index (κ1) is 10.2. The molecule has 4 heteroatoms. The molecule has 3 nitrogen and oxygen atoms in total. The lowest BCUT2D eigenvalue weighted by atomic mass is 10.1. The summed E-state index contributed by atoms with van der Waals surface area (Å²) in [7, 11) is 1.62. The van der Waals surface area contributed by atoms with Gasteiger partial charge in [0.1, 0.15) is 5.75 Å². The van der Waals surface area contributed by atoms with Crippen molar-refractivity contribution in [1.82, 2.24) is 4.98 Å². The fraction of sp³-hybridized carbons (Fsp3) is 0.182. The highest BCUT2D eigenvalue weighted by Gasteiger charge is 2.06. The summed E-state index contributed by atoms with van der Waals surface area (Å²) in [5, 5.41) is 0.987. The Morgan fingerprint density at radius 2 is 2.13 bits per heavy atom. The molecule has 0 aliphatic heterocycles. The topological polar surface area (TPSA) is 42.1 Å². The van der Waals surface area contributed by atoms with Crippen molar-refractivity contribution in [3.05, 3.63) is 38.6 Å². The van der Waals surface area contributed by atoms with Gasteiger partial charge >= 0.3 is 0 Å². The Hall–Kier alpha value is -1.29. The van der Waals surface area contributed by atoms with Crippen molar-refractivity contribution >= 4 is 26.8 Å². The van der Waals surface area contributed by atoms with Gasteiger partial charge in [0.2, 0.25) is 0 Å². The van der Waals surface area contributed by atoms with E-state index < -0.39 is 0 Å². The van der Waals surface area contributed by atoms with E-state index in [-0.39, 0.29) is 5.56 Å². The zero-order valence-electron chi connectivity index (χ0n) is 8.43. The molecule has 0 spiro atoms. The van der Waals surface area contributed by atoms with Crippen LogP contribution in [0.2, 0.25) is 0 Å². The molecular weight excluding hydrogens is 258 g/mol. The summed E-state index contributed by atoms with van der Waals surface area (Å²) in [4.78, 5) is 14.3. The second-order valence-corrected chi connectivity index (χ2v) is 4.10. The van der Waals surface area contributed by atoms with E-state index in [0.717, 1.165) is 22.2 Å². The number of benzene rings is 1. The number of H-pyrrole nitrogens is 1. The quantitative estimate of drug-likeness (QED) is 0.863. The minimum Gasteiger partial charge on any atom is -0.497 e. The summed E-state index contributed by atoms with van der Waals surface area (Å²) >= 11 is 3.26. The Balaban J connectivity index is 2.87. The molecule has 0 amide bonds. The van der Waals surface area contributed by atoms with E-state index >= 15 is 0 Å². The summed E-state index contributed by atoms with van der Waals surface area (Å²) in [5.41, 5.74) is 1.64. The normalized spacial score (nSPS) is 10.6. The van der Waals surface area contributed by atoms with Gasteiger partial charge in [0.25, 0.3) is 5.56 Å². The largest absolute Gasteiger partial charge is 0.497 e. The Morgan fingerprint density at radius 1 is 1.40 bits per heavy atom. The van der Waals surface area contributed by atoms with Crippen molar-refractivity contribution in [2.45, 2.75) is 6.92 Å². The smallest absolute Gasteiger partial charge is 0.263 e. The van der Waals surface area contributed by atoms with E-state index in [2.05, 4.69) is 20.9 Å². The molecule has 0 aliphatic rings. The SMILES string of the molecule is COc1ccc2[nH]c(=O)c(Br)c(C)c2c1. The first-order chi connectivity index (χ1) is 7.13. The van der Waals surface area contributed by atoms with E-state index in [9.17, 15) is 4.79 Å². The van der Waals surface area contributed by atoms with Crippen LogP contribution < -0.4 is 10.3 Å². The fourth-order valence-corrected chi connectivity index (χ4v) is 1.85. The van der Waals surface area contributed by atoms with Crippen LogP contribution in [-0.4, -0.2) is 12.1 Å². The third kappa shape index (κ3) is 1.65. The monoisotopic (exact) mass is 267 g/mol. The molecular formula is C11H10BrNO2. The fourth-order valence-electron chi connectivity index (χ4n) is 1.54. The number of nitrogens with one attached hydrogen (secondary N) is 1. The second-order valence-electron chi connectivity index (χ2n) is 3.30. The molecule has 0 radical (unpaired) electrons. The van der Waals surface area contributed by atoms with Crippen LogP contribution in [0.3, 0.4) is 0 Å². The second kappa shape index (κ2) is 3.70. The van der Waals surface area contributed by atoms with Gasteiger partial charge in [-0.3, -0.25) is 4.79 Å². The van der Waals surface area contributed by atoms with Gasteiger partial charge in [-0.15, -0.1) is 0 Å². The third-order valence-electron chi connectivity index (χ3n) is 2.41. The van der Waals surface area contributed by atoms with Crippen molar-refractivity contribution in [1.29, 1.82) is 0 Å². The van der Waals surface area contributed by atoms with Crippen molar-refractivity contribution in [3.8, 4) is 5.75 Å². The number of ether oxygens (including phenoxy) is 1. The number of hydrogen-bond donors (Lipinski definition) is 1. The van der Waals surface area contributed by atoms with Crippen LogP contribution >= 0.6 is 15.9 Å². The lowest BCUT2D eigenvalue weighted by Gasteiger charge is -2.06. The maximum Gasteiger partial charge on any atom is 0.263 e. The van der Waals surface area contributed by atoms with Gasteiger partial charge in [0.05, 0.1) is 11.6 Å². The van der Waals surface area contributed by atoms with Crippen molar-refractivity contribution in [3.63, 3.8) is 0 Å². The number of pyridine rings is 1. The number of aromatic amines is 1. The van der Waals surface area contributed by atoms with Crippen LogP contribution in [0.1, 0.15) is 5.56 Å². The van der Waals surface area contributed by atoms with Gasteiger partial charge < -0.3 is 9.72 Å². The van der Waals surface area contributed by atoms with Crippen molar-refractivity contribution < 1.29 is 4.74 Å². The highest BCUT2D eigenvalue weighted by molar-refractivity contribution is 9.10. The van der Waals surface area contributed by atoms with Crippen LogP contribution in [-0.2, 0) is 0 Å². The minimum absolute atomic E-state index is 0.106. The van der Waals surface area contributed by atoms with Crippen molar-refractivity contribution in [2.75, 3.05) is 7.11 Å². The average molecular weight is 268 g/mol. The molecule has 1 aromatic carbocycles. The summed E-state index contributed by atoms with van der Waals surface area (Å²) in [5.74, 6) is 0.782. The van der Waals surface area contributed by atoms with Gasteiger partial charge in [-0.05, 0) is 46.6 Å². The number of aryl methyl sites for hydroxylation is 1. The molecule has 0 saturated carbocycles. The molecule has 2 aromatic rings. The van der Waals surface area contributed by atoms with Gasteiger partial charge in [-0.1, -0.05) is 0 Å². The Bertz CT molecular complexity index is 575. The molecule has 78 valence electrons. The first-order valence-electron chi connectivity index (χ1n) is 4.49. The van der Waals surface area contributed by atoms with Crippen LogP contribution in [0.5, 0.6) is 5.75 Å². The predicted octanol–water partition coefficient (Wildman–Crippen LogP) is 2.61. The zero-order chi connectivity index (χ0) is 11.0. The maximum atomic E-state index is 11.5. The molecule has 0 bridgehead atoms. The molecule has 0 saturated heterocycles. The third-order valence-corrected chi connectivity index (χ3v) is 3.36. The molecule has 0 unspecified atom stereocenters. The zero-order valence-corrected chi connectivity index (χ0v) is 10.0. The highest BCUT2D eigenvalue weighted by atomic mass is 79.9. The Labute approximate surface area is 95.2 Å². The van der Waals surface area contributed by atoms with Crippen LogP contribution in [0.4, 0.5) is 0 Å². The van der Waals surface area contributed by atoms with Gasteiger partial charge in [0.15, 0.2) is 0 Å². The van der Waals surface area contributed by atoms with Crippen LogP contribution in [0.25, 0.3) is 10.9 Å². The molecule has 15 heavy (non-hydrogen) atoms. The first-order valence-corrected chi connectivity index (χ1v) is 5.29. The number of rotatable bonds is 1. The summed E-state index contributed by atoms with van der Waals surface area (Å²) in [6, 6.07) is 5.58. The summed E-state index contributed by atoms with van der Waals surface area (Å²) in [6.07, 6.45) is 0. The maximum absolute atomic E-state index is 11.5. The number of aromatic nitrogens is 1. The molecule has 1 N–H and O–H groups in total. The standard InChI is InChI=1S/C11H10BrNO2/c1-6-8-5-7(15-2)3-4-9(8)13-11(14)10(6)12/h3-5H,1-2H3,(H,13,14). The van der Waals surface area contributed by atoms with Crippen LogP contribution in [0.15, 0.2) is 27.5 Å². The molecule has 0 atom stereocenters. The van der Waals surface area contributed by atoms with E-state index in [4.69, 9.17) is 4.74 Å². The molecule has 2 rings (SSSR count). The Kier molecular flexibility index (Phi) is 2.52. The van der Waals surface area contributed by atoms with Gasteiger partial charge in [-0.25, -0.2) is 0 Å². The van der Waals surface area contributed by atoms with Gasteiger partial charge in [0, 0.05) is 10.9 Å². The molecule has 0 fully saturated rings. The number of halogens is 1. The lowest BCUT2D eigenvalue weighted by Crippen LogP contribution is -2.08. The lowest BCUT2D eigenvalue weighted by molar-refractivity contribution is 0.415. The minimum atomic E-state index is -0.106. The van der Waals surface area contributed by atoms with E-state index in [0.29, 0.717) is 4.47 Å². The van der Waals surface area contributed by atoms with E-state index in [1.54, 1.807) is 7.11 Å². The van der Waals surface area contributed by atoms with Crippen LogP contribution in [0, 0.1) is 6.92 Å².